The highest BCUT2D eigenvalue weighted by atomic mass is 16.3. The number of aliphatic hydroxyl groups is 1. The van der Waals surface area contributed by atoms with Crippen molar-refractivity contribution < 1.29 is 9.90 Å². The maximum Gasteiger partial charge on any atom is 0.315 e. The first-order chi connectivity index (χ1) is 9.10. The molecule has 0 saturated heterocycles. The number of carbonyl (C=O) groups is 1. The molecule has 2 aromatic rings. The molecule has 19 heavy (non-hydrogen) atoms. The fraction of sp³-hybridized carbons (Fsp3) is 0.385. The molecule has 2 rings (SSSR count). The summed E-state index contributed by atoms with van der Waals surface area (Å²) in [4.78, 5) is 15.9. The summed E-state index contributed by atoms with van der Waals surface area (Å²) in [6.07, 6.45) is 1.90. The van der Waals surface area contributed by atoms with Crippen LogP contribution in [0, 0.1) is 6.92 Å². The van der Waals surface area contributed by atoms with E-state index >= 15 is 0 Å². The molecule has 0 bridgehead atoms. The third-order valence-electron chi connectivity index (χ3n) is 2.83. The van der Waals surface area contributed by atoms with E-state index < -0.39 is 0 Å². The lowest BCUT2D eigenvalue weighted by atomic mass is 10.4. The lowest BCUT2D eigenvalue weighted by Gasteiger charge is -2.10. The van der Waals surface area contributed by atoms with Crippen LogP contribution in [0.2, 0.25) is 0 Å². The summed E-state index contributed by atoms with van der Waals surface area (Å²) in [6.45, 7) is 4.00. The molecule has 0 radical (unpaired) electrons. The van der Waals surface area contributed by atoms with E-state index in [4.69, 9.17) is 5.11 Å². The molecule has 1 unspecified atom stereocenters. The molecule has 0 fully saturated rings. The van der Waals surface area contributed by atoms with Gasteiger partial charge in [0.1, 0.15) is 5.65 Å². The lowest BCUT2D eigenvalue weighted by molar-refractivity contribution is 0.220. The van der Waals surface area contributed by atoms with Crippen LogP contribution in [0.3, 0.4) is 0 Å². The Bertz CT molecular complexity index is 579. The van der Waals surface area contributed by atoms with Crippen LogP contribution in [0.5, 0.6) is 0 Å². The highest BCUT2D eigenvalue weighted by molar-refractivity contribution is 5.74. The number of rotatable bonds is 4. The zero-order chi connectivity index (χ0) is 13.8. The Balaban J connectivity index is 1.98. The quantitative estimate of drug-likeness (QED) is 0.763. The van der Waals surface area contributed by atoms with Crippen molar-refractivity contribution in [2.75, 3.05) is 6.61 Å². The summed E-state index contributed by atoms with van der Waals surface area (Å²) < 4.78 is 1.98. The molecule has 102 valence electrons. The van der Waals surface area contributed by atoms with Gasteiger partial charge in [-0.3, -0.25) is 0 Å². The Morgan fingerprint density at radius 3 is 3.00 bits per heavy atom. The van der Waals surface area contributed by atoms with E-state index in [1.54, 1.807) is 6.92 Å². The van der Waals surface area contributed by atoms with Crippen molar-refractivity contribution in [2.24, 2.45) is 0 Å². The van der Waals surface area contributed by atoms with Crippen molar-refractivity contribution >= 4 is 11.7 Å². The van der Waals surface area contributed by atoms with E-state index in [0.717, 1.165) is 17.0 Å². The fourth-order valence-electron chi connectivity index (χ4n) is 1.78. The molecule has 0 aromatic carbocycles. The second-order valence-corrected chi connectivity index (χ2v) is 4.54. The van der Waals surface area contributed by atoms with Crippen molar-refractivity contribution in [3.05, 3.63) is 35.8 Å². The minimum atomic E-state index is -0.310. The minimum Gasteiger partial charge on any atom is -0.394 e. The van der Waals surface area contributed by atoms with Crippen molar-refractivity contribution in [2.45, 2.75) is 26.4 Å². The highest BCUT2D eigenvalue weighted by Gasteiger charge is 2.07. The van der Waals surface area contributed by atoms with Crippen molar-refractivity contribution in [3.63, 3.8) is 0 Å². The Hall–Kier alpha value is -2.08. The van der Waals surface area contributed by atoms with Gasteiger partial charge in [0, 0.05) is 11.9 Å². The molecule has 0 aliphatic heterocycles. The van der Waals surface area contributed by atoms with Gasteiger partial charge in [0.2, 0.25) is 0 Å². The van der Waals surface area contributed by atoms with Crippen LogP contribution >= 0.6 is 0 Å². The van der Waals surface area contributed by atoms with Gasteiger partial charge in [0.05, 0.1) is 24.9 Å². The van der Waals surface area contributed by atoms with Crippen molar-refractivity contribution in [3.8, 4) is 0 Å². The van der Waals surface area contributed by atoms with Gasteiger partial charge in [-0.2, -0.15) is 0 Å². The third kappa shape index (κ3) is 3.23. The summed E-state index contributed by atoms with van der Waals surface area (Å²) in [6, 6.07) is 5.30. The summed E-state index contributed by atoms with van der Waals surface area (Å²) in [5, 5.41) is 14.2. The van der Waals surface area contributed by atoms with E-state index in [1.807, 2.05) is 35.7 Å². The summed E-state index contributed by atoms with van der Waals surface area (Å²) in [5.41, 5.74) is 2.75. The number of aryl methyl sites for hydroxylation is 1. The molecule has 0 saturated carbocycles. The van der Waals surface area contributed by atoms with Crippen LogP contribution < -0.4 is 10.6 Å². The maximum atomic E-state index is 11.5. The second kappa shape index (κ2) is 5.71. The van der Waals surface area contributed by atoms with Gasteiger partial charge in [-0.15, -0.1) is 0 Å². The number of pyridine rings is 1. The zero-order valence-electron chi connectivity index (χ0n) is 11.1. The van der Waals surface area contributed by atoms with E-state index in [2.05, 4.69) is 15.6 Å². The molecule has 2 heterocycles. The van der Waals surface area contributed by atoms with E-state index in [1.165, 1.54) is 0 Å². The molecule has 3 N–H and O–H groups in total. The number of amides is 2. The third-order valence-corrected chi connectivity index (χ3v) is 2.83. The number of nitrogens with zero attached hydrogens (tertiary/aromatic N) is 2. The molecule has 0 aliphatic carbocycles. The van der Waals surface area contributed by atoms with E-state index in [9.17, 15) is 4.79 Å². The topological polar surface area (TPSA) is 78.7 Å². The number of urea groups is 1. The molecule has 0 spiro atoms. The number of nitrogens with one attached hydrogen (secondary N) is 2. The molecule has 0 aliphatic rings. The SMILES string of the molecule is Cc1cccc2nc(CNC(=O)NC(C)CO)cn12. The second-order valence-electron chi connectivity index (χ2n) is 4.54. The standard InChI is InChI=1S/C13H18N4O2/c1-9(8-18)15-13(19)14-6-11-7-17-10(2)4-3-5-12(17)16-11/h3-5,7,9,18H,6,8H2,1-2H3,(H2,14,15,19). The van der Waals surface area contributed by atoms with Crippen LogP contribution in [-0.2, 0) is 6.54 Å². The van der Waals surface area contributed by atoms with Gasteiger partial charge >= 0.3 is 6.03 Å². The Kier molecular flexibility index (Phi) is 4.01. The first-order valence-electron chi connectivity index (χ1n) is 6.19. The number of fused-ring (bicyclic) bond motifs is 1. The normalized spacial score (nSPS) is 12.4. The average molecular weight is 262 g/mol. The predicted molar refractivity (Wildman–Crippen MR) is 71.8 cm³/mol. The highest BCUT2D eigenvalue weighted by Crippen LogP contribution is 2.08. The molecule has 1 atom stereocenters. The van der Waals surface area contributed by atoms with Crippen LogP contribution in [0.1, 0.15) is 18.3 Å². The summed E-state index contributed by atoms with van der Waals surface area (Å²) in [5.74, 6) is 0. The maximum absolute atomic E-state index is 11.5. The monoisotopic (exact) mass is 262 g/mol. The zero-order valence-corrected chi connectivity index (χ0v) is 11.1. The predicted octanol–water partition coefficient (Wildman–Crippen LogP) is 0.823. The van der Waals surface area contributed by atoms with Gasteiger partial charge in [-0.05, 0) is 26.0 Å². The first-order valence-corrected chi connectivity index (χ1v) is 6.19. The van der Waals surface area contributed by atoms with Gasteiger partial charge in [0.15, 0.2) is 0 Å². The van der Waals surface area contributed by atoms with Gasteiger partial charge < -0.3 is 20.1 Å². The summed E-state index contributed by atoms with van der Waals surface area (Å²) in [7, 11) is 0. The van der Waals surface area contributed by atoms with Crippen LogP contribution in [0.15, 0.2) is 24.4 Å². The molecule has 6 heteroatoms. The average Bonchev–Trinajstić information content (AvgIpc) is 2.81. The Morgan fingerprint density at radius 2 is 2.32 bits per heavy atom. The number of aromatic nitrogens is 2. The van der Waals surface area contributed by atoms with Gasteiger partial charge in [-0.25, -0.2) is 9.78 Å². The molecular weight excluding hydrogens is 244 g/mol. The smallest absolute Gasteiger partial charge is 0.315 e. The van der Waals surface area contributed by atoms with Crippen molar-refractivity contribution in [1.82, 2.24) is 20.0 Å². The van der Waals surface area contributed by atoms with Gasteiger partial charge in [-0.1, -0.05) is 6.07 Å². The largest absolute Gasteiger partial charge is 0.394 e. The van der Waals surface area contributed by atoms with Crippen LogP contribution in [0.4, 0.5) is 4.79 Å². The van der Waals surface area contributed by atoms with Crippen LogP contribution in [-0.4, -0.2) is 33.2 Å². The lowest BCUT2D eigenvalue weighted by Crippen LogP contribution is -2.42. The molecule has 2 aromatic heterocycles. The van der Waals surface area contributed by atoms with Gasteiger partial charge in [0.25, 0.3) is 0 Å². The minimum absolute atomic E-state index is 0.0824. The molecule has 6 nitrogen and oxygen atoms in total. The van der Waals surface area contributed by atoms with Crippen LogP contribution in [0.25, 0.3) is 5.65 Å². The molecule has 2 amide bonds. The fourth-order valence-corrected chi connectivity index (χ4v) is 1.78. The number of aliphatic hydroxyl groups excluding tert-OH is 1. The van der Waals surface area contributed by atoms with E-state index in [0.29, 0.717) is 6.54 Å². The number of carbonyl (C=O) groups excluding carboxylic acids is 1. The first kappa shape index (κ1) is 13.4. The Labute approximate surface area is 111 Å². The number of hydrogen-bond acceptors (Lipinski definition) is 3. The summed E-state index contributed by atoms with van der Waals surface area (Å²) >= 11 is 0. The Morgan fingerprint density at radius 1 is 1.53 bits per heavy atom. The number of hydrogen-bond donors (Lipinski definition) is 3. The number of imidazole rings is 1. The van der Waals surface area contributed by atoms with Crippen molar-refractivity contribution in [1.29, 1.82) is 0 Å². The van der Waals surface area contributed by atoms with E-state index in [-0.39, 0.29) is 18.7 Å². The molecular formula is C13H18N4O2.